The van der Waals surface area contributed by atoms with E-state index in [0.29, 0.717) is 6.61 Å². The number of hydrogen-bond donors (Lipinski definition) is 1. The van der Waals surface area contributed by atoms with Crippen LogP contribution in [-0.2, 0) is 39.4 Å². The second kappa shape index (κ2) is 7.38. The average Bonchev–Trinajstić information content (AvgIpc) is 3.10. The largest absolute Gasteiger partial charge is 0.695 e. The molecule has 1 N–H and O–H groups in total. The molecule has 1 saturated carbocycles. The lowest BCUT2D eigenvalue weighted by atomic mass is 9.85. The third-order valence-electron chi connectivity index (χ3n) is 5.12. The van der Waals surface area contributed by atoms with E-state index >= 15 is 0 Å². The molecule has 1 aliphatic carbocycles. The number of rotatable bonds is 5. The van der Waals surface area contributed by atoms with E-state index in [2.05, 4.69) is 0 Å². The van der Waals surface area contributed by atoms with Crippen molar-refractivity contribution >= 4 is 8.25 Å². The fourth-order valence-electron chi connectivity index (χ4n) is 4.21. The Bertz CT molecular complexity index is 724. The molecule has 1 unspecified atom stereocenters. The monoisotopic (exact) mass is 413 g/mol. The van der Waals surface area contributed by atoms with Crippen molar-refractivity contribution in [2.24, 2.45) is 0 Å². The van der Waals surface area contributed by atoms with Gasteiger partial charge in [0.05, 0.1) is 6.61 Å². The first-order valence-electron chi connectivity index (χ1n) is 9.35. The predicted octanol–water partition coefficient (Wildman–Crippen LogP) is 2.66. The molecule has 7 atom stereocenters. The Morgan fingerprint density at radius 3 is 1.93 bits per heavy atom. The van der Waals surface area contributed by atoms with Gasteiger partial charge in [-0.3, -0.25) is 0 Å². The van der Waals surface area contributed by atoms with Crippen LogP contribution in [0.1, 0.15) is 33.3 Å². The van der Waals surface area contributed by atoms with Crippen molar-refractivity contribution in [2.45, 2.75) is 82.5 Å². The average molecular weight is 413 g/mol. The van der Waals surface area contributed by atoms with Gasteiger partial charge in [0, 0.05) is 4.57 Å². The standard InChI is InChI=1S/C19H25O8P/c1-18(2)23-13-12(22-10-11-8-6-5-7-9-11)17(27-28(20)21)16-15(14(13)24-18)25-19(3,4)26-16/h5-9,12-17H,10H2,1-4H3/p+1/t12-,13-,14+,15-,16-,17+/m1/s1. The third kappa shape index (κ3) is 4.01. The van der Waals surface area contributed by atoms with Crippen molar-refractivity contribution in [2.75, 3.05) is 0 Å². The summed E-state index contributed by atoms with van der Waals surface area (Å²) in [5.41, 5.74) is 0.968. The van der Waals surface area contributed by atoms with Crippen molar-refractivity contribution in [1.82, 2.24) is 0 Å². The first-order valence-corrected chi connectivity index (χ1v) is 10.5. The zero-order valence-electron chi connectivity index (χ0n) is 16.3. The molecule has 4 rings (SSSR count). The molecule has 2 heterocycles. The molecule has 2 saturated heterocycles. The summed E-state index contributed by atoms with van der Waals surface area (Å²) >= 11 is 0. The number of benzene rings is 1. The van der Waals surface area contributed by atoms with Crippen molar-refractivity contribution in [3.05, 3.63) is 35.9 Å². The van der Waals surface area contributed by atoms with Gasteiger partial charge in [-0.2, -0.15) is 0 Å². The number of hydrogen-bond acceptors (Lipinski definition) is 7. The molecular formula is C19H26O8P+. The van der Waals surface area contributed by atoms with Gasteiger partial charge in [0.1, 0.15) is 30.5 Å². The zero-order valence-corrected chi connectivity index (χ0v) is 17.2. The zero-order chi connectivity index (χ0) is 20.1. The maximum absolute atomic E-state index is 11.6. The minimum Gasteiger partial charge on any atom is -0.368 e. The van der Waals surface area contributed by atoms with Gasteiger partial charge < -0.3 is 23.7 Å². The van der Waals surface area contributed by atoms with E-state index in [1.54, 1.807) is 13.8 Å². The highest BCUT2D eigenvalue weighted by Gasteiger charge is 2.66. The van der Waals surface area contributed by atoms with Crippen LogP contribution in [0.15, 0.2) is 30.3 Å². The van der Waals surface area contributed by atoms with Gasteiger partial charge in [-0.25, -0.2) is 0 Å². The fraction of sp³-hybridized carbons (Fsp3) is 0.684. The highest BCUT2D eigenvalue weighted by atomic mass is 31.1. The summed E-state index contributed by atoms with van der Waals surface area (Å²) in [5, 5.41) is 0. The van der Waals surface area contributed by atoms with E-state index in [1.165, 1.54) is 0 Å². The molecule has 0 spiro atoms. The Hall–Kier alpha value is -0.960. The van der Waals surface area contributed by atoms with Crippen LogP contribution < -0.4 is 0 Å². The molecule has 1 aromatic rings. The first-order chi connectivity index (χ1) is 13.2. The Kier molecular flexibility index (Phi) is 5.35. The maximum Gasteiger partial charge on any atom is 0.695 e. The smallest absolute Gasteiger partial charge is 0.368 e. The second-order valence-corrected chi connectivity index (χ2v) is 8.89. The lowest BCUT2D eigenvalue weighted by Gasteiger charge is -2.40. The molecule has 8 nitrogen and oxygen atoms in total. The van der Waals surface area contributed by atoms with Crippen LogP contribution in [0.2, 0.25) is 0 Å². The number of fused-ring (bicyclic) bond motifs is 3. The van der Waals surface area contributed by atoms with Gasteiger partial charge >= 0.3 is 8.25 Å². The summed E-state index contributed by atoms with van der Waals surface area (Å²) in [6.45, 7) is 7.51. The van der Waals surface area contributed by atoms with Crippen molar-refractivity contribution in [3.63, 3.8) is 0 Å². The highest BCUT2D eigenvalue weighted by Crippen LogP contribution is 2.47. The highest BCUT2D eigenvalue weighted by molar-refractivity contribution is 7.32. The van der Waals surface area contributed by atoms with Crippen LogP contribution in [0.4, 0.5) is 0 Å². The van der Waals surface area contributed by atoms with E-state index in [-0.39, 0.29) is 0 Å². The van der Waals surface area contributed by atoms with E-state index in [1.807, 2.05) is 44.2 Å². The van der Waals surface area contributed by atoms with Gasteiger partial charge in [0.25, 0.3) is 0 Å². The Morgan fingerprint density at radius 2 is 1.39 bits per heavy atom. The van der Waals surface area contributed by atoms with Gasteiger partial charge in [-0.05, 0) is 33.3 Å². The molecule has 3 aliphatic rings. The minimum absolute atomic E-state index is 0.294. The summed E-state index contributed by atoms with van der Waals surface area (Å²) in [4.78, 5) is 9.46. The molecule has 154 valence electrons. The third-order valence-corrected chi connectivity index (χ3v) is 5.54. The van der Waals surface area contributed by atoms with E-state index in [4.69, 9.17) is 28.2 Å². The van der Waals surface area contributed by atoms with Crippen molar-refractivity contribution < 1.29 is 37.7 Å². The molecule has 1 aromatic carbocycles. The molecule has 3 fully saturated rings. The van der Waals surface area contributed by atoms with Gasteiger partial charge in [-0.15, -0.1) is 9.42 Å². The molecule has 9 heteroatoms. The van der Waals surface area contributed by atoms with Crippen LogP contribution in [0.3, 0.4) is 0 Å². The number of ether oxygens (including phenoxy) is 5. The molecule has 2 aliphatic heterocycles. The van der Waals surface area contributed by atoms with Gasteiger partial charge in [0.15, 0.2) is 17.7 Å². The lowest BCUT2D eigenvalue weighted by molar-refractivity contribution is -0.191. The molecule has 0 radical (unpaired) electrons. The Balaban J connectivity index is 1.64. The molecule has 28 heavy (non-hydrogen) atoms. The summed E-state index contributed by atoms with van der Waals surface area (Å²) in [6, 6.07) is 9.66. The van der Waals surface area contributed by atoms with Crippen LogP contribution >= 0.6 is 8.25 Å². The predicted molar refractivity (Wildman–Crippen MR) is 97.4 cm³/mol. The summed E-state index contributed by atoms with van der Waals surface area (Å²) in [7, 11) is -2.87. The SMILES string of the molecule is CC1(C)O[C@@H]2[C@H]3OC(C)(C)O[C@H]3[C@@H](O[P+](=O)O)[C@H](OCc3ccccc3)[C@H]2O1. The summed E-state index contributed by atoms with van der Waals surface area (Å²) in [5.74, 6) is -1.73. The Morgan fingerprint density at radius 1 is 0.893 bits per heavy atom. The maximum atomic E-state index is 11.6. The van der Waals surface area contributed by atoms with Crippen LogP contribution in [-0.4, -0.2) is 53.1 Å². The van der Waals surface area contributed by atoms with Crippen LogP contribution in [0.5, 0.6) is 0 Å². The van der Waals surface area contributed by atoms with Crippen molar-refractivity contribution in [3.8, 4) is 0 Å². The fourth-order valence-corrected chi connectivity index (χ4v) is 4.65. The second-order valence-electron chi connectivity index (χ2n) is 8.20. The van der Waals surface area contributed by atoms with Crippen molar-refractivity contribution in [1.29, 1.82) is 0 Å². The van der Waals surface area contributed by atoms with Gasteiger partial charge in [-0.1, -0.05) is 30.3 Å². The topological polar surface area (TPSA) is 92.7 Å². The van der Waals surface area contributed by atoms with E-state index in [0.717, 1.165) is 5.56 Å². The Labute approximate surface area is 165 Å². The molecular weight excluding hydrogens is 387 g/mol. The molecule has 0 aromatic heterocycles. The van der Waals surface area contributed by atoms with E-state index in [9.17, 15) is 9.46 Å². The van der Waals surface area contributed by atoms with Crippen LogP contribution in [0, 0.1) is 0 Å². The molecule has 0 bridgehead atoms. The normalized spacial score (nSPS) is 38.7. The minimum atomic E-state index is -2.87. The summed E-state index contributed by atoms with van der Waals surface area (Å²) < 4.78 is 47.4. The molecule has 0 amide bonds. The first kappa shape index (κ1) is 20.3. The van der Waals surface area contributed by atoms with Crippen LogP contribution in [0.25, 0.3) is 0 Å². The quantitative estimate of drug-likeness (QED) is 0.737. The van der Waals surface area contributed by atoms with E-state index < -0.39 is 56.5 Å². The summed E-state index contributed by atoms with van der Waals surface area (Å²) in [6.07, 6.45) is -3.62. The lowest BCUT2D eigenvalue weighted by Crippen LogP contribution is -2.62. The van der Waals surface area contributed by atoms with Gasteiger partial charge in [0.2, 0.25) is 0 Å².